The van der Waals surface area contributed by atoms with Crippen molar-refractivity contribution in [3.05, 3.63) is 34.3 Å². The Balaban J connectivity index is 2.79. The Bertz CT molecular complexity index is 364. The maximum Gasteiger partial charge on any atom is 0.307 e. The first-order valence-corrected chi connectivity index (χ1v) is 6.54. The average Bonchev–Trinajstić information content (AvgIpc) is 2.29. The van der Waals surface area contributed by atoms with Gasteiger partial charge in [-0.25, -0.2) is 0 Å². The monoisotopic (exact) mass is 299 g/mol. The highest BCUT2D eigenvalue weighted by molar-refractivity contribution is 9.10. The van der Waals surface area contributed by atoms with Gasteiger partial charge in [0.15, 0.2) is 0 Å². The van der Waals surface area contributed by atoms with Crippen molar-refractivity contribution in [1.82, 2.24) is 0 Å². The summed E-state index contributed by atoms with van der Waals surface area (Å²) in [5.41, 5.74) is 6.49. The predicted molar refractivity (Wildman–Crippen MR) is 72.0 cm³/mol. The van der Waals surface area contributed by atoms with Crippen LogP contribution in [0, 0.1) is 5.92 Å². The predicted octanol–water partition coefficient (Wildman–Crippen LogP) is 2.99. The summed E-state index contributed by atoms with van der Waals surface area (Å²) in [5.74, 6) is -1.10. The smallest absolute Gasteiger partial charge is 0.307 e. The fourth-order valence-electron chi connectivity index (χ4n) is 1.92. The second-order valence-electron chi connectivity index (χ2n) is 4.22. The van der Waals surface area contributed by atoms with Gasteiger partial charge < -0.3 is 10.8 Å². The van der Waals surface area contributed by atoms with Crippen molar-refractivity contribution < 1.29 is 9.90 Å². The Morgan fingerprint density at radius 2 is 2.00 bits per heavy atom. The van der Waals surface area contributed by atoms with Gasteiger partial charge >= 0.3 is 5.97 Å². The molecule has 0 heterocycles. The number of rotatable bonds is 6. The first kappa shape index (κ1) is 14.2. The lowest BCUT2D eigenvalue weighted by molar-refractivity contribution is -0.142. The van der Waals surface area contributed by atoms with Gasteiger partial charge in [0, 0.05) is 4.47 Å². The van der Waals surface area contributed by atoms with Crippen LogP contribution in [0.25, 0.3) is 0 Å². The number of aliphatic carboxylic acids is 1. The molecule has 94 valence electrons. The number of carbonyl (C=O) groups is 1. The molecule has 3 N–H and O–H groups in total. The van der Waals surface area contributed by atoms with Crippen molar-refractivity contribution in [2.45, 2.75) is 25.7 Å². The van der Waals surface area contributed by atoms with E-state index in [1.54, 1.807) is 0 Å². The van der Waals surface area contributed by atoms with E-state index in [2.05, 4.69) is 15.9 Å². The SMILES string of the molecule is CC(c1ccc(Br)cc1)C(CCCN)C(=O)O. The Labute approximate surface area is 110 Å². The quantitative estimate of drug-likeness (QED) is 0.849. The fraction of sp³-hybridized carbons (Fsp3) is 0.462. The molecule has 0 bridgehead atoms. The van der Waals surface area contributed by atoms with Gasteiger partial charge in [-0.05, 0) is 43.0 Å². The lowest BCUT2D eigenvalue weighted by atomic mass is 9.84. The van der Waals surface area contributed by atoms with Crippen LogP contribution >= 0.6 is 15.9 Å². The molecule has 1 aromatic rings. The fourth-order valence-corrected chi connectivity index (χ4v) is 2.19. The van der Waals surface area contributed by atoms with Gasteiger partial charge in [0.1, 0.15) is 0 Å². The summed E-state index contributed by atoms with van der Waals surface area (Å²) >= 11 is 3.37. The normalized spacial score (nSPS) is 14.3. The maximum absolute atomic E-state index is 11.2. The van der Waals surface area contributed by atoms with E-state index in [-0.39, 0.29) is 11.8 Å². The maximum atomic E-state index is 11.2. The van der Waals surface area contributed by atoms with Gasteiger partial charge in [0.2, 0.25) is 0 Å². The molecule has 1 rings (SSSR count). The molecule has 0 aromatic heterocycles. The van der Waals surface area contributed by atoms with E-state index in [0.717, 1.165) is 16.5 Å². The Kier molecular flexibility index (Phi) is 5.65. The highest BCUT2D eigenvalue weighted by Crippen LogP contribution is 2.28. The highest BCUT2D eigenvalue weighted by atomic mass is 79.9. The number of hydrogen-bond acceptors (Lipinski definition) is 2. The van der Waals surface area contributed by atoms with Crippen LogP contribution in [0.15, 0.2) is 28.7 Å². The molecule has 0 radical (unpaired) electrons. The first-order chi connectivity index (χ1) is 8.06. The van der Waals surface area contributed by atoms with Crippen LogP contribution in [-0.2, 0) is 4.79 Å². The van der Waals surface area contributed by atoms with E-state index in [9.17, 15) is 9.90 Å². The number of hydrogen-bond donors (Lipinski definition) is 2. The molecule has 2 atom stereocenters. The molecule has 0 aliphatic rings. The lowest BCUT2D eigenvalue weighted by Gasteiger charge is -2.20. The van der Waals surface area contributed by atoms with Crippen molar-refractivity contribution in [1.29, 1.82) is 0 Å². The topological polar surface area (TPSA) is 63.3 Å². The lowest BCUT2D eigenvalue weighted by Crippen LogP contribution is -2.21. The number of nitrogens with two attached hydrogens (primary N) is 1. The molecular weight excluding hydrogens is 282 g/mol. The molecule has 1 aromatic carbocycles. The van der Waals surface area contributed by atoms with Crippen LogP contribution in [0.3, 0.4) is 0 Å². The van der Waals surface area contributed by atoms with Gasteiger partial charge in [-0.1, -0.05) is 35.0 Å². The van der Waals surface area contributed by atoms with E-state index < -0.39 is 5.97 Å². The zero-order valence-electron chi connectivity index (χ0n) is 9.90. The molecule has 3 nitrogen and oxygen atoms in total. The Morgan fingerprint density at radius 1 is 1.41 bits per heavy atom. The summed E-state index contributed by atoms with van der Waals surface area (Å²) < 4.78 is 1.00. The highest BCUT2D eigenvalue weighted by Gasteiger charge is 2.25. The molecule has 0 fully saturated rings. The van der Waals surface area contributed by atoms with Crippen LogP contribution in [0.5, 0.6) is 0 Å². The van der Waals surface area contributed by atoms with E-state index in [0.29, 0.717) is 13.0 Å². The third kappa shape index (κ3) is 4.13. The minimum absolute atomic E-state index is 0.00662. The molecule has 2 unspecified atom stereocenters. The number of carboxylic acids is 1. The second kappa shape index (κ2) is 6.77. The largest absolute Gasteiger partial charge is 0.481 e. The molecule has 0 amide bonds. The summed E-state index contributed by atoms with van der Waals surface area (Å²) in [4.78, 5) is 11.2. The van der Waals surface area contributed by atoms with Crippen molar-refractivity contribution in [2.24, 2.45) is 11.7 Å². The summed E-state index contributed by atoms with van der Waals surface area (Å²) in [6.45, 7) is 2.50. The van der Waals surface area contributed by atoms with E-state index >= 15 is 0 Å². The summed E-state index contributed by atoms with van der Waals surface area (Å²) in [6, 6.07) is 7.81. The molecule has 0 spiro atoms. The number of halogens is 1. The van der Waals surface area contributed by atoms with E-state index in [4.69, 9.17) is 5.73 Å². The van der Waals surface area contributed by atoms with Crippen molar-refractivity contribution in [3.63, 3.8) is 0 Å². The zero-order chi connectivity index (χ0) is 12.8. The zero-order valence-corrected chi connectivity index (χ0v) is 11.5. The van der Waals surface area contributed by atoms with Crippen molar-refractivity contribution in [2.75, 3.05) is 6.54 Å². The number of carboxylic acid groups (broad SMARTS) is 1. The van der Waals surface area contributed by atoms with Crippen molar-refractivity contribution in [3.8, 4) is 0 Å². The molecule has 17 heavy (non-hydrogen) atoms. The van der Waals surface area contributed by atoms with Crippen LogP contribution < -0.4 is 5.73 Å². The van der Waals surface area contributed by atoms with Gasteiger partial charge in [0.05, 0.1) is 5.92 Å². The summed E-state index contributed by atoms with van der Waals surface area (Å²) in [6.07, 6.45) is 1.38. The average molecular weight is 300 g/mol. The van der Waals surface area contributed by atoms with Crippen molar-refractivity contribution >= 4 is 21.9 Å². The van der Waals surface area contributed by atoms with Crippen LogP contribution in [0.2, 0.25) is 0 Å². The summed E-state index contributed by atoms with van der Waals surface area (Å²) in [7, 11) is 0. The molecule has 0 saturated heterocycles. The Hall–Kier alpha value is -0.870. The summed E-state index contributed by atoms with van der Waals surface area (Å²) in [5, 5.41) is 9.24. The standard InChI is InChI=1S/C13H18BrNO2/c1-9(10-4-6-11(14)7-5-10)12(13(16)17)3-2-8-15/h4-7,9,12H,2-3,8,15H2,1H3,(H,16,17). The van der Waals surface area contributed by atoms with E-state index in [1.165, 1.54) is 0 Å². The first-order valence-electron chi connectivity index (χ1n) is 5.74. The molecule has 0 saturated carbocycles. The van der Waals surface area contributed by atoms with Crippen LogP contribution in [-0.4, -0.2) is 17.6 Å². The molecule has 4 heteroatoms. The molecule has 0 aliphatic heterocycles. The molecular formula is C13H18BrNO2. The van der Waals surface area contributed by atoms with Gasteiger partial charge in [0.25, 0.3) is 0 Å². The third-order valence-corrected chi connectivity index (χ3v) is 3.56. The molecule has 0 aliphatic carbocycles. The van der Waals surface area contributed by atoms with Gasteiger partial charge in [-0.2, -0.15) is 0 Å². The van der Waals surface area contributed by atoms with Crippen LogP contribution in [0.4, 0.5) is 0 Å². The third-order valence-electron chi connectivity index (χ3n) is 3.04. The van der Waals surface area contributed by atoms with Crippen LogP contribution in [0.1, 0.15) is 31.2 Å². The van der Waals surface area contributed by atoms with Gasteiger partial charge in [-0.3, -0.25) is 4.79 Å². The van der Waals surface area contributed by atoms with Gasteiger partial charge in [-0.15, -0.1) is 0 Å². The minimum Gasteiger partial charge on any atom is -0.481 e. The second-order valence-corrected chi connectivity index (χ2v) is 5.13. The Morgan fingerprint density at radius 3 is 2.47 bits per heavy atom. The minimum atomic E-state index is -0.742. The number of benzene rings is 1. The van der Waals surface area contributed by atoms with E-state index in [1.807, 2.05) is 31.2 Å².